The Bertz CT molecular complexity index is 540. The molecule has 1 aromatic carbocycles. The van der Waals surface area contributed by atoms with E-state index in [0.717, 1.165) is 11.4 Å². The van der Waals surface area contributed by atoms with Crippen LogP contribution in [-0.4, -0.2) is 12.2 Å². The van der Waals surface area contributed by atoms with Gasteiger partial charge in [-0.05, 0) is 42.7 Å². The molecule has 0 radical (unpaired) electrons. The van der Waals surface area contributed by atoms with Crippen LogP contribution in [-0.2, 0) is 0 Å². The van der Waals surface area contributed by atoms with E-state index in [0.29, 0.717) is 5.11 Å². The Morgan fingerprint density at radius 3 is 2.84 bits per heavy atom. The third kappa shape index (κ3) is 3.94. The molecule has 2 N–H and O–H groups in total. The van der Waals surface area contributed by atoms with Gasteiger partial charge in [0.1, 0.15) is 5.75 Å². The number of rotatable bonds is 4. The highest BCUT2D eigenvalue weighted by Gasteiger charge is 2.07. The number of benzene rings is 1. The van der Waals surface area contributed by atoms with Gasteiger partial charge in [0, 0.05) is 16.6 Å². The Morgan fingerprint density at radius 1 is 1.32 bits per heavy atom. The maximum Gasteiger partial charge on any atom is 0.171 e. The lowest BCUT2D eigenvalue weighted by atomic mass is 10.3. The zero-order chi connectivity index (χ0) is 13.7. The minimum absolute atomic E-state index is 0.200. The van der Waals surface area contributed by atoms with Gasteiger partial charge in [-0.25, -0.2) is 0 Å². The second-order valence-electron chi connectivity index (χ2n) is 4.07. The monoisotopic (exact) mass is 292 g/mol. The molecule has 0 unspecified atom stereocenters. The molecule has 0 aliphatic carbocycles. The van der Waals surface area contributed by atoms with E-state index < -0.39 is 0 Å². The summed E-state index contributed by atoms with van der Waals surface area (Å²) in [5, 5.41) is 9.08. The van der Waals surface area contributed by atoms with Gasteiger partial charge in [-0.3, -0.25) is 0 Å². The van der Waals surface area contributed by atoms with Crippen molar-refractivity contribution in [3.63, 3.8) is 0 Å². The number of hydrogen-bond donors (Lipinski definition) is 2. The minimum Gasteiger partial charge on any atom is -0.497 e. The van der Waals surface area contributed by atoms with Gasteiger partial charge in [-0.1, -0.05) is 12.1 Å². The van der Waals surface area contributed by atoms with Crippen molar-refractivity contribution in [3.05, 3.63) is 46.7 Å². The van der Waals surface area contributed by atoms with Crippen molar-refractivity contribution in [2.75, 3.05) is 12.4 Å². The number of anilines is 1. The van der Waals surface area contributed by atoms with Gasteiger partial charge in [-0.15, -0.1) is 11.3 Å². The van der Waals surface area contributed by atoms with Gasteiger partial charge in [0.05, 0.1) is 13.2 Å². The summed E-state index contributed by atoms with van der Waals surface area (Å²) in [4.78, 5) is 1.26. The second kappa shape index (κ2) is 6.54. The number of thiocarbonyl (C=S) groups is 1. The quantitative estimate of drug-likeness (QED) is 0.840. The SMILES string of the molecule is COc1cccc(NC(=S)N[C@@H](C)c2cccs2)c1. The molecule has 0 saturated heterocycles. The number of nitrogens with one attached hydrogen (secondary N) is 2. The zero-order valence-electron chi connectivity index (χ0n) is 10.8. The van der Waals surface area contributed by atoms with Crippen LogP contribution < -0.4 is 15.4 Å². The summed E-state index contributed by atoms with van der Waals surface area (Å²) in [7, 11) is 1.65. The maximum atomic E-state index is 5.31. The van der Waals surface area contributed by atoms with Crippen molar-refractivity contribution < 1.29 is 4.74 Å². The predicted octanol–water partition coefficient (Wildman–Crippen LogP) is 3.80. The van der Waals surface area contributed by atoms with Crippen LogP contribution >= 0.6 is 23.6 Å². The van der Waals surface area contributed by atoms with Gasteiger partial charge in [0.15, 0.2) is 5.11 Å². The van der Waals surface area contributed by atoms with Crippen LogP contribution in [0.25, 0.3) is 0 Å². The molecule has 0 fully saturated rings. The van der Waals surface area contributed by atoms with Crippen molar-refractivity contribution in [1.29, 1.82) is 0 Å². The molecule has 0 saturated carbocycles. The summed E-state index contributed by atoms with van der Waals surface area (Å²) in [5.41, 5.74) is 0.912. The molecule has 0 spiro atoms. The predicted molar refractivity (Wildman–Crippen MR) is 85.1 cm³/mol. The third-order valence-electron chi connectivity index (χ3n) is 2.65. The first-order valence-electron chi connectivity index (χ1n) is 5.94. The molecular formula is C14H16N2OS2. The van der Waals surface area contributed by atoms with E-state index in [9.17, 15) is 0 Å². The van der Waals surface area contributed by atoms with Gasteiger partial charge in [0.25, 0.3) is 0 Å². The van der Waals surface area contributed by atoms with Crippen LogP contribution in [0.15, 0.2) is 41.8 Å². The standard InChI is InChI=1S/C14H16N2OS2/c1-10(13-7-4-8-19-13)15-14(18)16-11-5-3-6-12(9-11)17-2/h3-10H,1-2H3,(H2,15,16,18)/t10-/m0/s1. The number of thiophene rings is 1. The zero-order valence-corrected chi connectivity index (χ0v) is 12.5. The Labute approximate surface area is 122 Å². The molecule has 19 heavy (non-hydrogen) atoms. The summed E-state index contributed by atoms with van der Waals surface area (Å²) >= 11 is 7.02. The molecular weight excluding hydrogens is 276 g/mol. The lowest BCUT2D eigenvalue weighted by molar-refractivity contribution is 0.415. The fraction of sp³-hybridized carbons (Fsp3) is 0.214. The Hall–Kier alpha value is -1.59. The molecule has 1 atom stereocenters. The van der Waals surface area contributed by atoms with E-state index >= 15 is 0 Å². The van der Waals surface area contributed by atoms with Gasteiger partial charge < -0.3 is 15.4 Å². The molecule has 100 valence electrons. The second-order valence-corrected chi connectivity index (χ2v) is 5.46. The summed E-state index contributed by atoms with van der Waals surface area (Å²) in [6.07, 6.45) is 0. The Balaban J connectivity index is 1.93. The van der Waals surface area contributed by atoms with Crippen LogP contribution in [0.3, 0.4) is 0 Å². The Kier molecular flexibility index (Phi) is 4.76. The van der Waals surface area contributed by atoms with Crippen molar-refractivity contribution in [2.24, 2.45) is 0 Å². The largest absolute Gasteiger partial charge is 0.497 e. The van der Waals surface area contributed by atoms with Gasteiger partial charge in [-0.2, -0.15) is 0 Å². The van der Waals surface area contributed by atoms with Crippen molar-refractivity contribution >= 4 is 34.4 Å². The third-order valence-corrected chi connectivity index (χ3v) is 3.92. The lowest BCUT2D eigenvalue weighted by Crippen LogP contribution is -2.30. The molecule has 0 aliphatic rings. The van der Waals surface area contributed by atoms with Crippen LogP contribution in [0.4, 0.5) is 5.69 Å². The fourth-order valence-electron chi connectivity index (χ4n) is 1.67. The highest BCUT2D eigenvalue weighted by atomic mass is 32.1. The van der Waals surface area contributed by atoms with E-state index in [1.54, 1.807) is 18.4 Å². The maximum absolute atomic E-state index is 5.31. The normalized spacial score (nSPS) is 11.7. The molecule has 3 nitrogen and oxygen atoms in total. The fourth-order valence-corrected chi connectivity index (χ4v) is 2.70. The van der Waals surface area contributed by atoms with Crippen LogP contribution in [0, 0.1) is 0 Å². The smallest absolute Gasteiger partial charge is 0.171 e. The summed E-state index contributed by atoms with van der Waals surface area (Å²) in [6.45, 7) is 2.09. The topological polar surface area (TPSA) is 33.3 Å². The van der Waals surface area contributed by atoms with E-state index in [2.05, 4.69) is 29.0 Å². The van der Waals surface area contributed by atoms with Gasteiger partial charge >= 0.3 is 0 Å². The van der Waals surface area contributed by atoms with Crippen LogP contribution in [0.2, 0.25) is 0 Å². The molecule has 2 rings (SSSR count). The number of hydrogen-bond acceptors (Lipinski definition) is 3. The minimum atomic E-state index is 0.200. The van der Waals surface area contributed by atoms with Crippen molar-refractivity contribution in [1.82, 2.24) is 5.32 Å². The van der Waals surface area contributed by atoms with Gasteiger partial charge in [0.2, 0.25) is 0 Å². The van der Waals surface area contributed by atoms with Crippen molar-refractivity contribution in [2.45, 2.75) is 13.0 Å². The van der Waals surface area contributed by atoms with Crippen LogP contribution in [0.1, 0.15) is 17.8 Å². The summed E-state index contributed by atoms with van der Waals surface area (Å²) in [5.74, 6) is 0.805. The van der Waals surface area contributed by atoms with E-state index in [1.165, 1.54) is 4.88 Å². The van der Waals surface area contributed by atoms with E-state index in [4.69, 9.17) is 17.0 Å². The summed E-state index contributed by atoms with van der Waals surface area (Å²) in [6, 6.07) is 12.0. The lowest BCUT2D eigenvalue weighted by Gasteiger charge is -2.16. The Morgan fingerprint density at radius 2 is 2.16 bits per heavy atom. The first-order valence-corrected chi connectivity index (χ1v) is 7.23. The highest BCUT2D eigenvalue weighted by molar-refractivity contribution is 7.80. The van der Waals surface area contributed by atoms with Crippen molar-refractivity contribution in [3.8, 4) is 5.75 Å². The average molecular weight is 292 g/mol. The highest BCUT2D eigenvalue weighted by Crippen LogP contribution is 2.19. The molecule has 0 amide bonds. The first-order chi connectivity index (χ1) is 9.19. The average Bonchev–Trinajstić information content (AvgIpc) is 2.92. The number of methoxy groups -OCH3 is 1. The van der Waals surface area contributed by atoms with E-state index in [-0.39, 0.29) is 6.04 Å². The molecule has 0 bridgehead atoms. The molecule has 0 aliphatic heterocycles. The number of ether oxygens (including phenoxy) is 1. The molecule has 1 aromatic heterocycles. The molecule has 5 heteroatoms. The molecule has 1 heterocycles. The first kappa shape index (κ1) is 13.8. The summed E-state index contributed by atoms with van der Waals surface area (Å²) < 4.78 is 5.17. The molecule has 2 aromatic rings. The van der Waals surface area contributed by atoms with Crippen LogP contribution in [0.5, 0.6) is 5.75 Å². The van der Waals surface area contributed by atoms with E-state index in [1.807, 2.05) is 30.3 Å².